The number of nitrogens with one attached hydrogen (secondary N) is 1. The van der Waals surface area contributed by atoms with Gasteiger partial charge in [-0.05, 0) is 25.7 Å². The Morgan fingerprint density at radius 2 is 1.83 bits per heavy atom. The molecule has 1 aromatic rings. The average molecular weight is 319 g/mol. The van der Waals surface area contributed by atoms with Gasteiger partial charge in [-0.1, -0.05) is 24.5 Å². The van der Waals surface area contributed by atoms with Gasteiger partial charge in [-0.15, -0.1) is 5.10 Å². The van der Waals surface area contributed by atoms with Gasteiger partial charge in [-0.3, -0.25) is 9.59 Å². The van der Waals surface area contributed by atoms with Crippen LogP contribution in [0.4, 0.5) is 0 Å². The van der Waals surface area contributed by atoms with Crippen molar-refractivity contribution in [1.29, 1.82) is 0 Å². The lowest BCUT2D eigenvalue weighted by Crippen LogP contribution is -2.48. The van der Waals surface area contributed by atoms with Gasteiger partial charge < -0.3 is 10.2 Å². The molecule has 1 aliphatic carbocycles. The smallest absolute Gasteiger partial charge is 0.242 e. The minimum absolute atomic E-state index is 0.0486. The second kappa shape index (κ2) is 7.57. The molecule has 7 heteroatoms. The number of aromatic nitrogens is 3. The second-order valence-electron chi connectivity index (χ2n) is 6.60. The predicted octanol–water partition coefficient (Wildman–Crippen LogP) is 0.966. The highest BCUT2D eigenvalue weighted by atomic mass is 16.2. The minimum atomic E-state index is -0.0486. The van der Waals surface area contributed by atoms with E-state index in [9.17, 15) is 9.59 Å². The SMILES string of the molecule is O=C(Cn1ccnn1)NC1CCN(C(=O)C2CCCCC2)CC1. The molecule has 1 saturated carbocycles. The first-order valence-electron chi connectivity index (χ1n) is 8.64. The van der Waals surface area contributed by atoms with Crippen LogP contribution in [0.3, 0.4) is 0 Å². The fourth-order valence-electron chi connectivity index (χ4n) is 3.59. The second-order valence-corrected chi connectivity index (χ2v) is 6.60. The molecular weight excluding hydrogens is 294 g/mol. The van der Waals surface area contributed by atoms with Crippen LogP contribution < -0.4 is 5.32 Å². The maximum Gasteiger partial charge on any atom is 0.242 e. The van der Waals surface area contributed by atoms with E-state index in [0.717, 1.165) is 38.8 Å². The van der Waals surface area contributed by atoms with E-state index in [-0.39, 0.29) is 24.4 Å². The molecule has 0 bridgehead atoms. The molecule has 2 aliphatic rings. The van der Waals surface area contributed by atoms with Crippen LogP contribution in [0.25, 0.3) is 0 Å². The molecular formula is C16H25N5O2. The number of hydrogen-bond acceptors (Lipinski definition) is 4. The van der Waals surface area contributed by atoms with Crippen LogP contribution in [0.1, 0.15) is 44.9 Å². The monoisotopic (exact) mass is 319 g/mol. The van der Waals surface area contributed by atoms with E-state index in [4.69, 9.17) is 0 Å². The molecule has 1 N–H and O–H groups in total. The molecule has 1 saturated heterocycles. The van der Waals surface area contributed by atoms with Gasteiger partial charge in [0.2, 0.25) is 11.8 Å². The summed E-state index contributed by atoms with van der Waals surface area (Å²) in [6.45, 7) is 1.70. The summed E-state index contributed by atoms with van der Waals surface area (Å²) in [6.07, 6.45) is 10.6. The average Bonchev–Trinajstić information content (AvgIpc) is 3.08. The summed E-state index contributed by atoms with van der Waals surface area (Å²) in [7, 11) is 0. The zero-order chi connectivity index (χ0) is 16.1. The molecule has 2 amide bonds. The van der Waals surface area contributed by atoms with Crippen molar-refractivity contribution in [2.75, 3.05) is 13.1 Å². The summed E-state index contributed by atoms with van der Waals surface area (Å²) in [5, 5.41) is 10.5. The Morgan fingerprint density at radius 1 is 1.09 bits per heavy atom. The van der Waals surface area contributed by atoms with Crippen molar-refractivity contribution in [3.8, 4) is 0 Å². The van der Waals surface area contributed by atoms with Gasteiger partial charge in [-0.25, -0.2) is 4.68 Å². The first-order valence-corrected chi connectivity index (χ1v) is 8.64. The molecule has 1 aromatic heterocycles. The lowest BCUT2D eigenvalue weighted by molar-refractivity contribution is -0.137. The van der Waals surface area contributed by atoms with E-state index in [1.165, 1.54) is 23.9 Å². The summed E-state index contributed by atoms with van der Waals surface area (Å²) >= 11 is 0. The minimum Gasteiger partial charge on any atom is -0.352 e. The maximum atomic E-state index is 12.5. The molecule has 0 unspecified atom stereocenters. The lowest BCUT2D eigenvalue weighted by atomic mass is 9.87. The number of nitrogens with zero attached hydrogens (tertiary/aromatic N) is 4. The third-order valence-corrected chi connectivity index (χ3v) is 4.90. The molecule has 1 aliphatic heterocycles. The summed E-state index contributed by atoms with van der Waals surface area (Å²) in [6, 6.07) is 0.154. The van der Waals surface area contributed by atoms with Crippen molar-refractivity contribution in [2.24, 2.45) is 5.92 Å². The third kappa shape index (κ3) is 4.30. The quantitative estimate of drug-likeness (QED) is 0.896. The van der Waals surface area contributed by atoms with Gasteiger partial charge in [0.1, 0.15) is 6.54 Å². The van der Waals surface area contributed by atoms with Crippen LogP contribution in [0, 0.1) is 5.92 Å². The van der Waals surface area contributed by atoms with E-state index in [1.807, 2.05) is 4.90 Å². The number of amides is 2. The summed E-state index contributed by atoms with van der Waals surface area (Å²) < 4.78 is 1.51. The van der Waals surface area contributed by atoms with Crippen molar-refractivity contribution in [1.82, 2.24) is 25.2 Å². The van der Waals surface area contributed by atoms with Crippen molar-refractivity contribution >= 4 is 11.8 Å². The highest BCUT2D eigenvalue weighted by Gasteiger charge is 2.29. The molecule has 23 heavy (non-hydrogen) atoms. The van der Waals surface area contributed by atoms with E-state index in [2.05, 4.69) is 15.6 Å². The van der Waals surface area contributed by atoms with Crippen molar-refractivity contribution in [3.63, 3.8) is 0 Å². The number of likely N-dealkylation sites (tertiary alicyclic amines) is 1. The fraction of sp³-hybridized carbons (Fsp3) is 0.750. The Morgan fingerprint density at radius 3 is 2.48 bits per heavy atom. The van der Waals surface area contributed by atoms with Crippen LogP contribution in [-0.4, -0.2) is 50.8 Å². The summed E-state index contributed by atoms with van der Waals surface area (Å²) in [5.74, 6) is 0.520. The molecule has 7 nitrogen and oxygen atoms in total. The molecule has 0 radical (unpaired) electrons. The summed E-state index contributed by atoms with van der Waals surface area (Å²) in [4.78, 5) is 26.5. The Bertz CT molecular complexity index is 517. The largest absolute Gasteiger partial charge is 0.352 e. The van der Waals surface area contributed by atoms with Crippen LogP contribution in [0.15, 0.2) is 12.4 Å². The Hall–Kier alpha value is -1.92. The molecule has 126 valence electrons. The summed E-state index contributed by atoms with van der Waals surface area (Å²) in [5.41, 5.74) is 0. The van der Waals surface area contributed by atoms with Gasteiger partial charge in [0.25, 0.3) is 0 Å². The first kappa shape index (κ1) is 16.0. The van der Waals surface area contributed by atoms with E-state index < -0.39 is 0 Å². The van der Waals surface area contributed by atoms with Gasteiger partial charge in [0, 0.05) is 31.2 Å². The molecule has 0 atom stereocenters. The molecule has 0 spiro atoms. The lowest BCUT2D eigenvalue weighted by Gasteiger charge is -2.35. The third-order valence-electron chi connectivity index (χ3n) is 4.90. The zero-order valence-corrected chi connectivity index (χ0v) is 13.5. The number of carbonyl (C=O) groups is 2. The number of carbonyl (C=O) groups excluding carboxylic acids is 2. The van der Waals surface area contributed by atoms with Crippen molar-refractivity contribution in [3.05, 3.63) is 12.4 Å². The predicted molar refractivity (Wildman–Crippen MR) is 84.3 cm³/mol. The highest BCUT2D eigenvalue weighted by molar-refractivity contribution is 5.79. The Balaban J connectivity index is 1.41. The first-order chi connectivity index (χ1) is 11.2. The fourth-order valence-corrected chi connectivity index (χ4v) is 3.59. The molecule has 3 rings (SSSR count). The van der Waals surface area contributed by atoms with E-state index >= 15 is 0 Å². The maximum absolute atomic E-state index is 12.5. The van der Waals surface area contributed by atoms with Crippen molar-refractivity contribution < 1.29 is 9.59 Å². The van der Waals surface area contributed by atoms with Crippen molar-refractivity contribution in [2.45, 2.75) is 57.5 Å². The standard InChI is InChI=1S/C16H25N5O2/c22-15(12-21-11-8-17-19-21)18-14-6-9-20(10-7-14)16(23)13-4-2-1-3-5-13/h8,11,13-14H,1-7,9-10,12H2,(H,18,22). The van der Waals surface area contributed by atoms with Gasteiger partial charge >= 0.3 is 0 Å². The van der Waals surface area contributed by atoms with Gasteiger partial charge in [0.05, 0.1) is 6.20 Å². The van der Waals surface area contributed by atoms with Crippen LogP contribution >= 0.6 is 0 Å². The van der Waals surface area contributed by atoms with E-state index in [1.54, 1.807) is 12.4 Å². The van der Waals surface area contributed by atoms with E-state index in [0.29, 0.717) is 5.91 Å². The Labute approximate surface area is 136 Å². The zero-order valence-electron chi connectivity index (χ0n) is 13.5. The number of hydrogen-bond donors (Lipinski definition) is 1. The van der Waals surface area contributed by atoms with Gasteiger partial charge in [0.15, 0.2) is 0 Å². The molecule has 0 aromatic carbocycles. The Kier molecular flexibility index (Phi) is 5.25. The van der Waals surface area contributed by atoms with Crippen LogP contribution in [0.5, 0.6) is 0 Å². The van der Waals surface area contributed by atoms with Crippen LogP contribution in [0.2, 0.25) is 0 Å². The molecule has 2 fully saturated rings. The normalized spacial score (nSPS) is 20.4. The van der Waals surface area contributed by atoms with Gasteiger partial charge in [-0.2, -0.15) is 0 Å². The number of rotatable bonds is 4. The number of piperidine rings is 1. The van der Waals surface area contributed by atoms with Crippen LogP contribution in [-0.2, 0) is 16.1 Å². The highest BCUT2D eigenvalue weighted by Crippen LogP contribution is 2.26. The topological polar surface area (TPSA) is 80.1 Å². The molecule has 2 heterocycles.